The van der Waals surface area contributed by atoms with E-state index in [1.165, 1.54) is 43.0 Å². The Labute approximate surface area is 174 Å². The molecule has 1 aliphatic carbocycles. The van der Waals surface area contributed by atoms with E-state index in [0.29, 0.717) is 5.92 Å². The van der Waals surface area contributed by atoms with Crippen molar-refractivity contribution >= 4 is 38.9 Å². The maximum absolute atomic E-state index is 5.95. The van der Waals surface area contributed by atoms with Gasteiger partial charge in [-0.3, -0.25) is 5.84 Å². The zero-order valence-electron chi connectivity index (χ0n) is 15.9. The Morgan fingerprint density at radius 3 is 2.69 bits per heavy atom. The molecule has 29 heavy (non-hydrogen) atoms. The summed E-state index contributed by atoms with van der Waals surface area (Å²) >= 11 is 1.82. The van der Waals surface area contributed by atoms with E-state index in [0.717, 1.165) is 18.7 Å². The van der Waals surface area contributed by atoms with Crippen molar-refractivity contribution in [3.8, 4) is 0 Å². The number of benzene rings is 3. The number of thiophene rings is 1. The van der Waals surface area contributed by atoms with Crippen LogP contribution < -0.4 is 16.2 Å². The van der Waals surface area contributed by atoms with Crippen molar-refractivity contribution in [3.05, 3.63) is 100 Å². The van der Waals surface area contributed by atoms with Crippen LogP contribution in [0.4, 0.5) is 11.4 Å². The largest absolute Gasteiger partial charge is 0.339 e. The lowest BCUT2D eigenvalue weighted by atomic mass is 9.84. The number of allylic oxidation sites excluding steroid dienone is 1. The summed E-state index contributed by atoms with van der Waals surface area (Å²) in [4.78, 5) is 3.76. The summed E-state index contributed by atoms with van der Waals surface area (Å²) in [6.07, 6.45) is 3.44. The van der Waals surface area contributed by atoms with E-state index in [1.54, 1.807) is 0 Å². The molecule has 4 aromatic rings. The molecule has 0 saturated carbocycles. The van der Waals surface area contributed by atoms with Crippen molar-refractivity contribution in [3.63, 3.8) is 0 Å². The summed E-state index contributed by atoms with van der Waals surface area (Å²) in [6, 6.07) is 26.1. The third-order valence-electron chi connectivity index (χ3n) is 6.17. The standard InChI is InChI=1S/C25H21N3S/c26-27-25-19-10-4-6-12-23(19)29-24(25)15-28-21-11-5-3-9-18(21)20-13-16-7-1-2-8-17(16)14-22(20)28/h1-12,14,20,27H,13,15,26H2. The summed E-state index contributed by atoms with van der Waals surface area (Å²) in [6.45, 7) is 0.820. The predicted molar refractivity (Wildman–Crippen MR) is 123 cm³/mol. The van der Waals surface area contributed by atoms with Gasteiger partial charge in [0.15, 0.2) is 0 Å². The highest BCUT2D eigenvalue weighted by atomic mass is 32.1. The van der Waals surface area contributed by atoms with Gasteiger partial charge in [-0.2, -0.15) is 0 Å². The first-order valence-electron chi connectivity index (χ1n) is 9.96. The van der Waals surface area contributed by atoms with Gasteiger partial charge in [0, 0.05) is 27.4 Å². The summed E-state index contributed by atoms with van der Waals surface area (Å²) < 4.78 is 1.27. The summed E-state index contributed by atoms with van der Waals surface area (Å²) in [5.41, 5.74) is 10.9. The third-order valence-corrected chi connectivity index (χ3v) is 7.32. The summed E-state index contributed by atoms with van der Waals surface area (Å²) in [5.74, 6) is 6.37. The second kappa shape index (κ2) is 6.48. The molecule has 3 N–H and O–H groups in total. The number of nitrogens with two attached hydrogens (primary N) is 1. The van der Waals surface area contributed by atoms with Gasteiger partial charge in [-0.05, 0) is 41.3 Å². The van der Waals surface area contributed by atoms with Crippen LogP contribution in [0.25, 0.3) is 16.2 Å². The van der Waals surface area contributed by atoms with E-state index in [2.05, 4.69) is 89.2 Å². The van der Waals surface area contributed by atoms with E-state index in [-0.39, 0.29) is 0 Å². The van der Waals surface area contributed by atoms with Crippen molar-refractivity contribution in [1.29, 1.82) is 0 Å². The maximum atomic E-state index is 5.95. The quantitative estimate of drug-likeness (QED) is 0.336. The van der Waals surface area contributed by atoms with E-state index in [1.807, 2.05) is 11.3 Å². The summed E-state index contributed by atoms with van der Waals surface area (Å²) in [5, 5.41) is 1.20. The zero-order chi connectivity index (χ0) is 19.4. The highest BCUT2D eigenvalue weighted by Gasteiger charge is 2.36. The lowest BCUT2D eigenvalue weighted by Crippen LogP contribution is -2.22. The molecule has 6 rings (SSSR count). The molecule has 0 saturated heterocycles. The van der Waals surface area contributed by atoms with Crippen LogP contribution in [0.5, 0.6) is 0 Å². The molecule has 3 nitrogen and oxygen atoms in total. The molecular formula is C25H21N3S. The molecule has 0 amide bonds. The van der Waals surface area contributed by atoms with Crippen molar-refractivity contribution in [2.24, 2.45) is 5.84 Å². The fraction of sp³-hybridized carbons (Fsp3) is 0.120. The third kappa shape index (κ3) is 2.53. The highest BCUT2D eigenvalue weighted by Crippen LogP contribution is 2.50. The van der Waals surface area contributed by atoms with Crippen LogP contribution in [0.2, 0.25) is 0 Å². The molecule has 0 radical (unpaired) electrons. The fourth-order valence-corrected chi connectivity index (χ4v) is 5.99. The Balaban J connectivity index is 1.49. The monoisotopic (exact) mass is 395 g/mol. The van der Waals surface area contributed by atoms with Gasteiger partial charge in [-0.1, -0.05) is 60.7 Å². The van der Waals surface area contributed by atoms with Gasteiger partial charge in [0.2, 0.25) is 0 Å². The second-order valence-electron chi connectivity index (χ2n) is 7.71. The van der Waals surface area contributed by atoms with Crippen LogP contribution in [-0.4, -0.2) is 0 Å². The van der Waals surface area contributed by atoms with Gasteiger partial charge < -0.3 is 10.3 Å². The van der Waals surface area contributed by atoms with E-state index in [9.17, 15) is 0 Å². The van der Waals surface area contributed by atoms with Crippen molar-refractivity contribution in [2.75, 3.05) is 10.3 Å². The second-order valence-corrected chi connectivity index (χ2v) is 8.85. The van der Waals surface area contributed by atoms with Crippen LogP contribution in [0.1, 0.15) is 27.5 Å². The van der Waals surface area contributed by atoms with Gasteiger partial charge in [0.1, 0.15) is 0 Å². The number of para-hydroxylation sites is 1. The first kappa shape index (κ1) is 16.8. The SMILES string of the molecule is NNc1c(CN2C3=Cc4ccccc4CC3c3ccccc32)sc2ccccc12. The van der Waals surface area contributed by atoms with Gasteiger partial charge in [0.25, 0.3) is 0 Å². The maximum Gasteiger partial charge on any atom is 0.0722 e. The fourth-order valence-electron chi connectivity index (χ4n) is 4.83. The number of rotatable bonds is 3. The van der Waals surface area contributed by atoms with Crippen molar-refractivity contribution in [1.82, 2.24) is 0 Å². The number of hydrogen-bond donors (Lipinski definition) is 2. The normalized spacial score (nSPS) is 16.9. The van der Waals surface area contributed by atoms with Gasteiger partial charge in [-0.25, -0.2) is 0 Å². The van der Waals surface area contributed by atoms with Crippen LogP contribution in [0, 0.1) is 0 Å². The minimum absolute atomic E-state index is 0.421. The Bertz CT molecular complexity index is 1270. The molecular weight excluding hydrogens is 374 g/mol. The number of hydrogen-bond acceptors (Lipinski definition) is 4. The molecule has 3 aromatic carbocycles. The number of nitrogens with zero attached hydrogens (tertiary/aromatic N) is 1. The number of fused-ring (bicyclic) bond motifs is 5. The van der Waals surface area contributed by atoms with Gasteiger partial charge >= 0.3 is 0 Å². The predicted octanol–water partition coefficient (Wildman–Crippen LogP) is 5.89. The Morgan fingerprint density at radius 2 is 1.76 bits per heavy atom. The van der Waals surface area contributed by atoms with Crippen molar-refractivity contribution in [2.45, 2.75) is 18.9 Å². The van der Waals surface area contributed by atoms with E-state index in [4.69, 9.17) is 5.84 Å². The topological polar surface area (TPSA) is 41.3 Å². The Hall–Kier alpha value is -3.08. The van der Waals surface area contributed by atoms with Gasteiger partial charge in [-0.15, -0.1) is 11.3 Å². The number of hydrazine groups is 1. The van der Waals surface area contributed by atoms with Gasteiger partial charge in [0.05, 0.1) is 17.1 Å². The Morgan fingerprint density at radius 1 is 0.966 bits per heavy atom. The molecule has 0 fully saturated rings. The van der Waals surface area contributed by atoms with Crippen LogP contribution in [0.15, 0.2) is 78.5 Å². The van der Waals surface area contributed by atoms with Crippen LogP contribution in [0.3, 0.4) is 0 Å². The highest BCUT2D eigenvalue weighted by molar-refractivity contribution is 7.19. The van der Waals surface area contributed by atoms with E-state index < -0.39 is 0 Å². The molecule has 1 unspecified atom stereocenters. The molecule has 0 bridgehead atoms. The number of nitrogens with one attached hydrogen (secondary N) is 1. The number of anilines is 2. The molecule has 0 spiro atoms. The lowest BCUT2D eigenvalue weighted by Gasteiger charge is -2.27. The van der Waals surface area contributed by atoms with Crippen LogP contribution in [-0.2, 0) is 13.0 Å². The minimum atomic E-state index is 0.421. The smallest absolute Gasteiger partial charge is 0.0722 e. The molecule has 1 atom stereocenters. The van der Waals surface area contributed by atoms with E-state index >= 15 is 0 Å². The average Bonchev–Trinajstić information content (AvgIpc) is 3.27. The number of nitrogen functional groups attached to an aromatic ring is 1. The van der Waals surface area contributed by atoms with Crippen molar-refractivity contribution < 1.29 is 0 Å². The molecule has 2 aliphatic rings. The summed E-state index contributed by atoms with van der Waals surface area (Å²) in [7, 11) is 0. The average molecular weight is 396 g/mol. The molecule has 1 aromatic heterocycles. The first-order valence-corrected chi connectivity index (χ1v) is 10.8. The molecule has 142 valence electrons. The molecule has 1 aliphatic heterocycles. The zero-order valence-corrected chi connectivity index (χ0v) is 16.7. The first-order chi connectivity index (χ1) is 14.3. The minimum Gasteiger partial charge on any atom is -0.339 e. The Kier molecular flexibility index (Phi) is 3.76. The molecule has 2 heterocycles. The molecule has 4 heteroatoms. The lowest BCUT2D eigenvalue weighted by molar-refractivity contribution is 0.773. The van der Waals surface area contributed by atoms with Crippen LogP contribution >= 0.6 is 11.3 Å².